The molecular weight excluding hydrogens is 421 g/mol. The van der Waals surface area contributed by atoms with E-state index < -0.39 is 11.7 Å². The number of nitrogens with zero attached hydrogens (tertiary/aromatic N) is 2. The van der Waals surface area contributed by atoms with Gasteiger partial charge in [-0.25, -0.2) is 9.37 Å². The standard InChI is InChI=1S/C22H18FN3O4S/c1-14-13-31-22-25-16(10-21(28)26(14)22)11-29-17-8-6-15(7-9-17)24-20(27)12-30-19-5-3-2-4-18(19)23/h2-10,13H,11-12H2,1H3,(H,24,27). The second kappa shape index (κ2) is 8.97. The van der Waals surface area contributed by atoms with Crippen molar-refractivity contribution in [3.8, 4) is 11.5 Å². The number of halogens is 1. The van der Waals surface area contributed by atoms with Crippen molar-refractivity contribution < 1.29 is 18.7 Å². The quantitative estimate of drug-likeness (QED) is 0.474. The lowest BCUT2D eigenvalue weighted by atomic mass is 10.3. The summed E-state index contributed by atoms with van der Waals surface area (Å²) in [5, 5.41) is 4.54. The van der Waals surface area contributed by atoms with Gasteiger partial charge in [0.15, 0.2) is 23.1 Å². The number of carbonyl (C=O) groups is 1. The molecule has 2 aromatic heterocycles. The highest BCUT2D eigenvalue weighted by Crippen LogP contribution is 2.18. The highest BCUT2D eigenvalue weighted by Gasteiger charge is 2.09. The first-order chi connectivity index (χ1) is 15.0. The zero-order valence-corrected chi connectivity index (χ0v) is 17.3. The Hall–Kier alpha value is -3.72. The van der Waals surface area contributed by atoms with Crippen LogP contribution in [0.15, 0.2) is 64.8 Å². The number of benzene rings is 2. The fourth-order valence-electron chi connectivity index (χ4n) is 2.87. The average molecular weight is 439 g/mol. The normalized spacial score (nSPS) is 10.8. The Balaban J connectivity index is 1.31. The molecule has 7 nitrogen and oxygen atoms in total. The fourth-order valence-corrected chi connectivity index (χ4v) is 3.76. The zero-order chi connectivity index (χ0) is 21.8. The third kappa shape index (κ3) is 4.89. The highest BCUT2D eigenvalue weighted by molar-refractivity contribution is 7.15. The number of thiazole rings is 1. The molecule has 0 bridgehead atoms. The molecule has 0 saturated carbocycles. The molecule has 1 N–H and O–H groups in total. The van der Waals surface area contributed by atoms with E-state index in [1.54, 1.807) is 40.8 Å². The summed E-state index contributed by atoms with van der Waals surface area (Å²) in [5.41, 5.74) is 1.79. The molecule has 0 aliphatic rings. The van der Waals surface area contributed by atoms with Crippen LogP contribution in [-0.4, -0.2) is 21.9 Å². The maximum atomic E-state index is 13.5. The predicted octanol–water partition coefficient (Wildman–Crippen LogP) is 3.80. The van der Waals surface area contributed by atoms with Gasteiger partial charge in [0, 0.05) is 22.8 Å². The monoisotopic (exact) mass is 439 g/mol. The summed E-state index contributed by atoms with van der Waals surface area (Å²) >= 11 is 1.40. The molecule has 2 aromatic carbocycles. The smallest absolute Gasteiger partial charge is 0.262 e. The van der Waals surface area contributed by atoms with Gasteiger partial charge in [0.1, 0.15) is 12.4 Å². The van der Waals surface area contributed by atoms with E-state index >= 15 is 0 Å². The van der Waals surface area contributed by atoms with Gasteiger partial charge in [0.2, 0.25) is 0 Å². The number of nitrogens with one attached hydrogen (secondary N) is 1. The summed E-state index contributed by atoms with van der Waals surface area (Å²) < 4.78 is 25.9. The topological polar surface area (TPSA) is 81.9 Å². The molecule has 158 valence electrons. The summed E-state index contributed by atoms with van der Waals surface area (Å²) in [6, 6.07) is 14.1. The van der Waals surface area contributed by atoms with Crippen molar-refractivity contribution in [3.63, 3.8) is 0 Å². The van der Waals surface area contributed by atoms with Crippen molar-refractivity contribution in [2.24, 2.45) is 0 Å². The summed E-state index contributed by atoms with van der Waals surface area (Å²) in [6.45, 7) is 1.69. The molecule has 0 atom stereocenters. The van der Waals surface area contributed by atoms with Gasteiger partial charge in [-0.15, -0.1) is 11.3 Å². The number of rotatable bonds is 7. The van der Waals surface area contributed by atoms with Crippen LogP contribution in [0.2, 0.25) is 0 Å². The maximum Gasteiger partial charge on any atom is 0.262 e. The van der Waals surface area contributed by atoms with Crippen molar-refractivity contribution in [2.45, 2.75) is 13.5 Å². The van der Waals surface area contributed by atoms with E-state index in [-0.39, 0.29) is 24.5 Å². The van der Waals surface area contributed by atoms with Crippen molar-refractivity contribution in [2.75, 3.05) is 11.9 Å². The van der Waals surface area contributed by atoms with Gasteiger partial charge in [0.25, 0.3) is 11.5 Å². The van der Waals surface area contributed by atoms with Crippen molar-refractivity contribution >= 4 is 27.9 Å². The van der Waals surface area contributed by atoms with Gasteiger partial charge >= 0.3 is 0 Å². The molecule has 2 heterocycles. The molecule has 0 aliphatic heterocycles. The number of para-hydroxylation sites is 1. The Kier molecular flexibility index (Phi) is 5.94. The Morgan fingerprint density at radius 1 is 1.16 bits per heavy atom. The van der Waals surface area contributed by atoms with Crippen LogP contribution < -0.4 is 20.3 Å². The van der Waals surface area contributed by atoms with E-state index in [0.717, 1.165) is 5.69 Å². The molecule has 0 aliphatic carbocycles. The number of amides is 1. The number of anilines is 1. The largest absolute Gasteiger partial charge is 0.487 e. The van der Waals surface area contributed by atoms with Gasteiger partial charge < -0.3 is 14.8 Å². The third-order valence-corrected chi connectivity index (χ3v) is 5.29. The SMILES string of the molecule is Cc1csc2nc(COc3ccc(NC(=O)COc4ccccc4F)cc3)cc(=O)n12. The van der Waals surface area contributed by atoms with Crippen LogP contribution >= 0.6 is 11.3 Å². The molecular formula is C22H18FN3O4S. The second-order valence-corrected chi connectivity index (χ2v) is 7.50. The zero-order valence-electron chi connectivity index (χ0n) is 16.5. The van der Waals surface area contributed by atoms with E-state index in [9.17, 15) is 14.0 Å². The lowest BCUT2D eigenvalue weighted by molar-refractivity contribution is -0.118. The molecule has 0 fully saturated rings. The summed E-state index contributed by atoms with van der Waals surface area (Å²) in [7, 11) is 0. The van der Waals surface area contributed by atoms with Crippen LogP contribution in [0, 0.1) is 12.7 Å². The van der Waals surface area contributed by atoms with Crippen LogP contribution in [0.3, 0.4) is 0 Å². The van der Waals surface area contributed by atoms with E-state index in [1.165, 1.54) is 29.5 Å². The van der Waals surface area contributed by atoms with Crippen LogP contribution in [-0.2, 0) is 11.4 Å². The Labute approximate surface area is 180 Å². The van der Waals surface area contributed by atoms with Gasteiger partial charge in [-0.2, -0.15) is 0 Å². The van der Waals surface area contributed by atoms with E-state index in [1.807, 2.05) is 12.3 Å². The van der Waals surface area contributed by atoms with Crippen molar-refractivity contribution in [1.82, 2.24) is 9.38 Å². The summed E-state index contributed by atoms with van der Waals surface area (Å²) in [6.07, 6.45) is 0. The molecule has 4 aromatic rings. The number of ether oxygens (including phenoxy) is 2. The molecule has 0 unspecified atom stereocenters. The second-order valence-electron chi connectivity index (χ2n) is 6.66. The molecule has 4 rings (SSSR count). The predicted molar refractivity (Wildman–Crippen MR) is 115 cm³/mol. The minimum absolute atomic E-state index is 0.0190. The summed E-state index contributed by atoms with van der Waals surface area (Å²) in [4.78, 5) is 29.3. The summed E-state index contributed by atoms with van der Waals surface area (Å²) in [5.74, 6) is -0.362. The van der Waals surface area contributed by atoms with Gasteiger partial charge in [0.05, 0.1) is 5.69 Å². The first-order valence-corrected chi connectivity index (χ1v) is 10.2. The molecule has 9 heteroatoms. The van der Waals surface area contributed by atoms with Crippen molar-refractivity contribution in [3.05, 3.63) is 87.5 Å². The van der Waals surface area contributed by atoms with Crippen LogP contribution in [0.25, 0.3) is 4.96 Å². The molecule has 31 heavy (non-hydrogen) atoms. The van der Waals surface area contributed by atoms with Gasteiger partial charge in [-0.3, -0.25) is 14.0 Å². The molecule has 0 saturated heterocycles. The first-order valence-electron chi connectivity index (χ1n) is 9.36. The number of fused-ring (bicyclic) bond motifs is 1. The number of hydrogen-bond donors (Lipinski definition) is 1. The molecule has 1 amide bonds. The molecule has 0 spiro atoms. The van der Waals surface area contributed by atoms with Gasteiger partial charge in [-0.1, -0.05) is 12.1 Å². The Morgan fingerprint density at radius 2 is 1.94 bits per heavy atom. The number of carbonyl (C=O) groups excluding carboxylic acids is 1. The fraction of sp³-hybridized carbons (Fsp3) is 0.136. The van der Waals surface area contributed by atoms with E-state index in [0.29, 0.717) is 22.1 Å². The van der Waals surface area contributed by atoms with Crippen LogP contribution in [0.1, 0.15) is 11.4 Å². The maximum absolute atomic E-state index is 13.5. The average Bonchev–Trinajstić information content (AvgIpc) is 3.14. The lowest BCUT2D eigenvalue weighted by Gasteiger charge is -2.09. The minimum Gasteiger partial charge on any atom is -0.487 e. The number of aryl methyl sites for hydroxylation is 1. The van der Waals surface area contributed by atoms with Crippen molar-refractivity contribution in [1.29, 1.82) is 0 Å². The van der Waals surface area contributed by atoms with Crippen LogP contribution in [0.5, 0.6) is 11.5 Å². The third-order valence-electron chi connectivity index (χ3n) is 4.35. The number of aromatic nitrogens is 2. The molecule has 0 radical (unpaired) electrons. The minimum atomic E-state index is -0.526. The lowest BCUT2D eigenvalue weighted by Crippen LogP contribution is -2.20. The number of hydrogen-bond acceptors (Lipinski definition) is 6. The van der Waals surface area contributed by atoms with E-state index in [2.05, 4.69) is 10.3 Å². The highest BCUT2D eigenvalue weighted by atomic mass is 32.1. The first kappa shape index (κ1) is 20.5. The van der Waals surface area contributed by atoms with E-state index in [4.69, 9.17) is 9.47 Å². The van der Waals surface area contributed by atoms with Crippen LogP contribution in [0.4, 0.5) is 10.1 Å². The van der Waals surface area contributed by atoms with Gasteiger partial charge in [-0.05, 0) is 43.3 Å². The Morgan fingerprint density at radius 3 is 2.71 bits per heavy atom. The Bertz CT molecular complexity index is 1280.